The zero-order chi connectivity index (χ0) is 11.9. The second-order valence-electron chi connectivity index (χ2n) is 4.92. The Morgan fingerprint density at radius 3 is 2.75 bits per heavy atom. The van der Waals surface area contributed by atoms with E-state index >= 15 is 0 Å². The summed E-state index contributed by atoms with van der Waals surface area (Å²) >= 11 is 3.65. The lowest BCUT2D eigenvalue weighted by molar-refractivity contribution is 0.490. The number of halogens is 1. The molecule has 0 radical (unpaired) electrons. The summed E-state index contributed by atoms with van der Waals surface area (Å²) in [6.45, 7) is 8.74. The van der Waals surface area contributed by atoms with Crippen molar-refractivity contribution >= 4 is 21.6 Å². The number of pyridine rings is 1. The smallest absolute Gasteiger partial charge is 0.138 e. The maximum atomic E-state index is 4.73. The molecule has 0 saturated carbocycles. The molecule has 0 fully saturated rings. The second kappa shape index (κ2) is 3.88. The average molecular weight is 281 g/mol. The predicted octanol–water partition coefficient (Wildman–Crippen LogP) is 4.09. The highest BCUT2D eigenvalue weighted by atomic mass is 79.9. The highest BCUT2D eigenvalue weighted by Crippen LogP contribution is 2.32. The van der Waals surface area contributed by atoms with Crippen molar-refractivity contribution in [2.75, 3.05) is 0 Å². The predicted molar refractivity (Wildman–Crippen MR) is 70.9 cm³/mol. The van der Waals surface area contributed by atoms with E-state index in [0.717, 1.165) is 22.4 Å². The Labute approximate surface area is 105 Å². The molecule has 0 N–H and O–H groups in total. The Morgan fingerprint density at radius 1 is 1.44 bits per heavy atom. The number of aromatic nitrogens is 2. The van der Waals surface area contributed by atoms with Crippen molar-refractivity contribution in [1.29, 1.82) is 0 Å². The van der Waals surface area contributed by atoms with Gasteiger partial charge in [0.15, 0.2) is 0 Å². The minimum absolute atomic E-state index is 0.110. The third kappa shape index (κ3) is 1.77. The molecule has 2 heterocycles. The lowest BCUT2D eigenvalue weighted by Crippen LogP contribution is -2.16. The molecule has 0 aliphatic carbocycles. The lowest BCUT2D eigenvalue weighted by Gasteiger charge is -2.20. The number of hydrogen-bond acceptors (Lipinski definition) is 1. The van der Waals surface area contributed by atoms with E-state index in [1.54, 1.807) is 0 Å². The molecule has 2 rings (SSSR count). The van der Waals surface area contributed by atoms with Crippen LogP contribution < -0.4 is 0 Å². The van der Waals surface area contributed by atoms with Gasteiger partial charge in [-0.25, -0.2) is 4.98 Å². The van der Waals surface area contributed by atoms with Crippen molar-refractivity contribution in [1.82, 2.24) is 9.38 Å². The quantitative estimate of drug-likeness (QED) is 0.810. The van der Waals surface area contributed by atoms with Gasteiger partial charge in [0.2, 0.25) is 0 Å². The third-order valence-corrected chi connectivity index (χ3v) is 4.01. The molecule has 0 aromatic carbocycles. The molecular weight excluding hydrogens is 264 g/mol. The van der Waals surface area contributed by atoms with E-state index in [9.17, 15) is 0 Å². The minimum Gasteiger partial charge on any atom is -0.294 e. The molecule has 2 nitrogen and oxygen atoms in total. The number of rotatable bonds is 2. The van der Waals surface area contributed by atoms with E-state index in [1.807, 2.05) is 0 Å². The molecule has 16 heavy (non-hydrogen) atoms. The first-order valence-corrected chi connectivity index (χ1v) is 6.39. The Bertz CT molecular complexity index is 526. The van der Waals surface area contributed by atoms with Gasteiger partial charge in [0.1, 0.15) is 10.3 Å². The van der Waals surface area contributed by atoms with Crippen LogP contribution in [0.25, 0.3) is 5.65 Å². The van der Waals surface area contributed by atoms with E-state index in [0.29, 0.717) is 0 Å². The SMILES string of the molecule is CCC(C)(C)c1nc2cc(C)ccn2c1Br. The van der Waals surface area contributed by atoms with E-state index in [1.165, 1.54) is 5.56 Å². The number of fused-ring (bicyclic) bond motifs is 1. The standard InChI is InChI=1S/C13H17BrN2/c1-5-13(3,4)11-12(14)16-7-6-9(2)8-10(16)15-11/h6-8H,5H2,1-4H3. The normalized spacial score (nSPS) is 12.3. The van der Waals surface area contributed by atoms with Gasteiger partial charge >= 0.3 is 0 Å². The average Bonchev–Trinajstić information content (AvgIpc) is 2.56. The Morgan fingerprint density at radius 2 is 2.12 bits per heavy atom. The van der Waals surface area contributed by atoms with E-state index < -0.39 is 0 Å². The van der Waals surface area contributed by atoms with Crippen molar-refractivity contribution in [3.63, 3.8) is 0 Å². The molecule has 0 bridgehead atoms. The number of imidazole rings is 1. The molecule has 0 saturated heterocycles. The maximum absolute atomic E-state index is 4.73. The molecule has 0 amide bonds. The summed E-state index contributed by atoms with van der Waals surface area (Å²) < 4.78 is 3.18. The van der Waals surface area contributed by atoms with Crippen molar-refractivity contribution in [3.8, 4) is 0 Å². The largest absolute Gasteiger partial charge is 0.294 e. The topological polar surface area (TPSA) is 17.3 Å². The van der Waals surface area contributed by atoms with Crippen molar-refractivity contribution in [2.45, 2.75) is 39.5 Å². The summed E-state index contributed by atoms with van der Waals surface area (Å²) in [5.41, 5.74) is 3.51. The summed E-state index contributed by atoms with van der Waals surface area (Å²) in [4.78, 5) is 4.73. The van der Waals surface area contributed by atoms with Crippen LogP contribution in [-0.2, 0) is 5.41 Å². The first kappa shape index (κ1) is 11.6. The van der Waals surface area contributed by atoms with Crippen LogP contribution in [0.5, 0.6) is 0 Å². The van der Waals surface area contributed by atoms with Crippen LogP contribution >= 0.6 is 15.9 Å². The summed E-state index contributed by atoms with van der Waals surface area (Å²) in [5, 5.41) is 0. The number of aryl methyl sites for hydroxylation is 1. The van der Waals surface area contributed by atoms with Crippen LogP contribution in [0.4, 0.5) is 0 Å². The molecule has 2 aromatic rings. The van der Waals surface area contributed by atoms with E-state index in [4.69, 9.17) is 4.98 Å². The molecule has 0 aliphatic heterocycles. The summed E-state index contributed by atoms with van der Waals surface area (Å²) in [6, 6.07) is 4.21. The number of hydrogen-bond donors (Lipinski definition) is 0. The summed E-state index contributed by atoms with van der Waals surface area (Å²) in [5.74, 6) is 0. The highest BCUT2D eigenvalue weighted by molar-refractivity contribution is 9.10. The summed E-state index contributed by atoms with van der Waals surface area (Å²) in [7, 11) is 0. The van der Waals surface area contributed by atoms with Gasteiger partial charge < -0.3 is 0 Å². The van der Waals surface area contributed by atoms with Crippen LogP contribution in [0.3, 0.4) is 0 Å². The third-order valence-electron chi connectivity index (χ3n) is 3.25. The maximum Gasteiger partial charge on any atom is 0.138 e. The Kier molecular flexibility index (Phi) is 2.82. The zero-order valence-corrected chi connectivity index (χ0v) is 11.8. The van der Waals surface area contributed by atoms with Crippen LogP contribution in [-0.4, -0.2) is 9.38 Å². The second-order valence-corrected chi connectivity index (χ2v) is 5.67. The fourth-order valence-electron chi connectivity index (χ4n) is 1.71. The fraction of sp³-hybridized carbons (Fsp3) is 0.462. The first-order chi connectivity index (χ1) is 7.45. The first-order valence-electron chi connectivity index (χ1n) is 5.60. The van der Waals surface area contributed by atoms with Crippen molar-refractivity contribution in [3.05, 3.63) is 34.2 Å². The van der Waals surface area contributed by atoms with Crippen LogP contribution in [0.1, 0.15) is 38.4 Å². The van der Waals surface area contributed by atoms with Crippen LogP contribution in [0.2, 0.25) is 0 Å². The molecule has 86 valence electrons. The zero-order valence-electron chi connectivity index (χ0n) is 10.2. The van der Waals surface area contributed by atoms with E-state index in [-0.39, 0.29) is 5.41 Å². The van der Waals surface area contributed by atoms with Gasteiger partial charge in [-0.05, 0) is 47.0 Å². The van der Waals surface area contributed by atoms with Crippen molar-refractivity contribution < 1.29 is 0 Å². The number of nitrogens with zero attached hydrogens (tertiary/aromatic N) is 2. The fourth-order valence-corrected chi connectivity index (χ4v) is 2.64. The molecule has 3 heteroatoms. The van der Waals surface area contributed by atoms with Gasteiger partial charge in [0, 0.05) is 11.6 Å². The van der Waals surface area contributed by atoms with Crippen LogP contribution in [0, 0.1) is 6.92 Å². The minimum atomic E-state index is 0.110. The Balaban J connectivity index is 2.69. The van der Waals surface area contributed by atoms with Gasteiger partial charge in [-0.3, -0.25) is 4.40 Å². The molecule has 0 spiro atoms. The summed E-state index contributed by atoms with van der Waals surface area (Å²) in [6.07, 6.45) is 3.14. The van der Waals surface area contributed by atoms with Gasteiger partial charge in [0.25, 0.3) is 0 Å². The van der Waals surface area contributed by atoms with Gasteiger partial charge in [-0.15, -0.1) is 0 Å². The molecule has 0 atom stereocenters. The highest BCUT2D eigenvalue weighted by Gasteiger charge is 2.25. The molecule has 0 unspecified atom stereocenters. The Hall–Kier alpha value is -0.830. The molecular formula is C13H17BrN2. The molecule has 0 aliphatic rings. The monoisotopic (exact) mass is 280 g/mol. The van der Waals surface area contributed by atoms with Gasteiger partial charge in [0.05, 0.1) is 5.69 Å². The molecule has 2 aromatic heterocycles. The van der Waals surface area contributed by atoms with Gasteiger partial charge in [-0.1, -0.05) is 20.8 Å². The van der Waals surface area contributed by atoms with Crippen LogP contribution in [0.15, 0.2) is 22.9 Å². The van der Waals surface area contributed by atoms with Crippen molar-refractivity contribution in [2.24, 2.45) is 0 Å². The van der Waals surface area contributed by atoms with E-state index in [2.05, 4.69) is 66.4 Å². The lowest BCUT2D eigenvalue weighted by atomic mass is 9.87. The van der Waals surface area contributed by atoms with Gasteiger partial charge in [-0.2, -0.15) is 0 Å².